The molecule has 2 aromatic rings. The Morgan fingerprint density at radius 2 is 1.08 bits per heavy atom. The summed E-state index contributed by atoms with van der Waals surface area (Å²) in [6.45, 7) is 4.68. The zero-order valence-corrected chi connectivity index (χ0v) is 33.1. The van der Waals surface area contributed by atoms with Crippen molar-refractivity contribution >= 4 is 22.7 Å². The van der Waals surface area contributed by atoms with Crippen molar-refractivity contribution in [3.63, 3.8) is 0 Å². The molecule has 11 aliphatic rings. The Morgan fingerprint density at radius 3 is 1.51 bits per heavy atom. The third-order valence-corrected chi connectivity index (χ3v) is 22.3. The lowest BCUT2D eigenvalue weighted by Gasteiger charge is -2.68. The third-order valence-electron chi connectivity index (χ3n) is 17.0. The van der Waals surface area contributed by atoms with E-state index < -0.39 is 0 Å². The molecule has 2 N–H and O–H groups in total. The summed E-state index contributed by atoms with van der Waals surface area (Å²) < 4.78 is 0. The van der Waals surface area contributed by atoms with Gasteiger partial charge in [0.15, 0.2) is 0 Å². The monoisotopic (exact) mass is 716 g/mol. The van der Waals surface area contributed by atoms with Crippen LogP contribution in [0.4, 0.5) is 0 Å². The van der Waals surface area contributed by atoms with Gasteiger partial charge in [-0.25, -0.2) is 0 Å². The van der Waals surface area contributed by atoms with E-state index in [1.807, 2.05) is 5.57 Å². The van der Waals surface area contributed by atoms with Crippen molar-refractivity contribution in [3.8, 4) is 0 Å². The normalized spacial score (nSPS) is 43.9. The molecule has 4 unspecified atom stereocenters. The SMILES string of the molecule is PC(C1=C(CP(C23CC4CC(CC(C4)C2)C3)C23CC4CC(CC(C4)C2)C3)C(c2ccccc2)C(c2ccccc2)=C1)(C1CCNC1)C1CCNC1. The molecular weight excluding hydrogens is 654 g/mol. The molecule has 8 saturated carbocycles. The van der Waals surface area contributed by atoms with Gasteiger partial charge in [0.2, 0.25) is 0 Å². The molecule has 13 rings (SSSR count). The van der Waals surface area contributed by atoms with Gasteiger partial charge in [-0.1, -0.05) is 74.7 Å². The highest BCUT2D eigenvalue weighted by Gasteiger charge is 2.63. The van der Waals surface area contributed by atoms with Crippen molar-refractivity contribution in [2.45, 2.75) is 111 Å². The molecule has 4 atom stereocenters. The van der Waals surface area contributed by atoms with Crippen molar-refractivity contribution in [2.75, 3.05) is 32.3 Å². The lowest BCUT2D eigenvalue weighted by Crippen LogP contribution is -2.57. The molecule has 0 spiro atoms. The quantitative estimate of drug-likeness (QED) is 0.253. The standard InChI is InChI=1S/C47H62N2P2/c50-47(39-11-13-48-28-39,40-12-14-49-29-40)43-21-41(37-7-3-1-4-8-37)44(38-9-5-2-6-10-38)42(43)30-51(45-22-31-15-32(23-45)17-33(16-31)24-45)46-25-34-18-35(26-46)20-36(19-34)27-46/h1-10,21,31-36,39-40,44,48-49H,11-20,22-30,50H2. The minimum atomic E-state index is -0.155. The predicted molar refractivity (Wildman–Crippen MR) is 219 cm³/mol. The van der Waals surface area contributed by atoms with Gasteiger partial charge in [-0.3, -0.25) is 0 Å². The second-order valence-corrected chi connectivity index (χ2v) is 24.0. The maximum atomic E-state index is 3.87. The summed E-state index contributed by atoms with van der Waals surface area (Å²) in [5.74, 6) is 7.91. The molecule has 2 nitrogen and oxygen atoms in total. The summed E-state index contributed by atoms with van der Waals surface area (Å²) >= 11 is 0. The van der Waals surface area contributed by atoms with Gasteiger partial charge in [-0.2, -0.15) is 0 Å². The molecule has 2 saturated heterocycles. The van der Waals surface area contributed by atoms with Gasteiger partial charge >= 0.3 is 0 Å². The van der Waals surface area contributed by atoms with Gasteiger partial charge in [0.05, 0.1) is 0 Å². The van der Waals surface area contributed by atoms with E-state index in [1.54, 1.807) is 93.8 Å². The van der Waals surface area contributed by atoms with Crippen LogP contribution in [0.3, 0.4) is 0 Å². The Labute approximate surface area is 312 Å². The maximum Gasteiger partial charge on any atom is 0.0314 e. The minimum Gasteiger partial charge on any atom is -0.316 e. The van der Waals surface area contributed by atoms with E-state index >= 15 is 0 Å². The van der Waals surface area contributed by atoms with E-state index in [0.29, 0.717) is 28.1 Å². The second kappa shape index (κ2) is 12.6. The Kier molecular flexibility index (Phi) is 8.18. The number of allylic oxidation sites excluding steroid dienone is 4. The van der Waals surface area contributed by atoms with Crippen LogP contribution in [0.15, 0.2) is 77.9 Å². The molecule has 2 heterocycles. The molecule has 51 heavy (non-hydrogen) atoms. The molecule has 10 fully saturated rings. The van der Waals surface area contributed by atoms with Crippen molar-refractivity contribution in [1.82, 2.24) is 10.6 Å². The van der Waals surface area contributed by atoms with Gasteiger partial charge in [0.25, 0.3) is 0 Å². The fraction of sp³-hybridized carbons (Fsp3) is 0.660. The summed E-state index contributed by atoms with van der Waals surface area (Å²) in [7, 11) is 3.54. The van der Waals surface area contributed by atoms with Crippen LogP contribution in [0.2, 0.25) is 0 Å². The molecule has 9 aliphatic carbocycles. The number of rotatable bonds is 9. The molecular formula is C47H62N2P2. The van der Waals surface area contributed by atoms with E-state index in [0.717, 1.165) is 35.5 Å². The van der Waals surface area contributed by atoms with Gasteiger partial charge < -0.3 is 10.6 Å². The Hall–Kier alpha value is -1.30. The fourth-order valence-corrected chi connectivity index (χ4v) is 21.9. The van der Waals surface area contributed by atoms with Crippen LogP contribution in [0, 0.1) is 47.3 Å². The Morgan fingerprint density at radius 1 is 0.627 bits per heavy atom. The van der Waals surface area contributed by atoms with Crippen LogP contribution in [0.5, 0.6) is 0 Å². The first-order valence-electron chi connectivity index (χ1n) is 21.5. The highest BCUT2D eigenvalue weighted by molar-refractivity contribution is 7.61. The van der Waals surface area contributed by atoms with E-state index in [-0.39, 0.29) is 13.1 Å². The Balaban J connectivity index is 1.12. The molecule has 0 aromatic heterocycles. The average molecular weight is 717 g/mol. The van der Waals surface area contributed by atoms with Crippen molar-refractivity contribution < 1.29 is 0 Å². The van der Waals surface area contributed by atoms with Crippen LogP contribution in [0.25, 0.3) is 5.57 Å². The van der Waals surface area contributed by atoms with E-state index in [2.05, 4.69) is 86.6 Å². The van der Waals surface area contributed by atoms with E-state index in [9.17, 15) is 0 Å². The molecule has 2 aromatic carbocycles. The van der Waals surface area contributed by atoms with Crippen molar-refractivity contribution in [3.05, 3.63) is 89.0 Å². The summed E-state index contributed by atoms with van der Waals surface area (Å²) in [6.07, 6.45) is 25.8. The minimum absolute atomic E-state index is 0.107. The number of hydrogen-bond donors (Lipinski definition) is 2. The lowest BCUT2D eigenvalue weighted by molar-refractivity contribution is 0.0187. The number of hydrogen-bond acceptors (Lipinski definition) is 2. The number of benzene rings is 2. The highest BCUT2D eigenvalue weighted by Crippen LogP contribution is 2.80. The first kappa shape index (κ1) is 33.1. The van der Waals surface area contributed by atoms with E-state index in [1.165, 1.54) is 50.7 Å². The second-order valence-electron chi connectivity index (χ2n) is 19.9. The topological polar surface area (TPSA) is 24.1 Å². The zero-order valence-electron chi connectivity index (χ0n) is 31.0. The maximum absolute atomic E-state index is 3.87. The van der Waals surface area contributed by atoms with Crippen LogP contribution >= 0.6 is 17.2 Å². The first-order chi connectivity index (χ1) is 25.0. The molecule has 4 heteroatoms. The molecule has 270 valence electrons. The number of nitrogens with one attached hydrogen (secondary N) is 2. The highest BCUT2D eigenvalue weighted by atomic mass is 31.1. The smallest absolute Gasteiger partial charge is 0.0314 e. The molecule has 0 radical (unpaired) electrons. The lowest BCUT2D eigenvalue weighted by atomic mass is 9.55. The van der Waals surface area contributed by atoms with Gasteiger partial charge in [0, 0.05) is 11.1 Å². The average Bonchev–Trinajstić information content (AvgIpc) is 3.93. The fourth-order valence-electron chi connectivity index (χ4n) is 15.9. The zero-order chi connectivity index (χ0) is 33.8. The summed E-state index contributed by atoms with van der Waals surface area (Å²) in [5, 5.41) is 9.12. The predicted octanol–water partition coefficient (Wildman–Crippen LogP) is 10.4. The van der Waals surface area contributed by atoms with Gasteiger partial charge in [-0.15, -0.1) is 9.24 Å². The van der Waals surface area contributed by atoms with Crippen LogP contribution in [-0.2, 0) is 0 Å². The van der Waals surface area contributed by atoms with Gasteiger partial charge in [-0.05, 0) is 208 Å². The van der Waals surface area contributed by atoms with Crippen molar-refractivity contribution in [2.24, 2.45) is 47.3 Å². The van der Waals surface area contributed by atoms with Gasteiger partial charge in [0.1, 0.15) is 0 Å². The molecule has 8 bridgehead atoms. The van der Waals surface area contributed by atoms with Crippen LogP contribution in [-0.4, -0.2) is 47.8 Å². The summed E-state index contributed by atoms with van der Waals surface area (Å²) in [6, 6.07) is 23.6. The summed E-state index contributed by atoms with van der Waals surface area (Å²) in [5.41, 5.74) is 8.27. The molecule has 2 aliphatic heterocycles. The largest absolute Gasteiger partial charge is 0.316 e. The summed E-state index contributed by atoms with van der Waals surface area (Å²) in [4.78, 5) is 0. The third kappa shape index (κ3) is 5.37. The van der Waals surface area contributed by atoms with Crippen LogP contribution in [0.1, 0.15) is 107 Å². The Bertz CT molecular complexity index is 1550. The van der Waals surface area contributed by atoms with Crippen LogP contribution < -0.4 is 10.6 Å². The van der Waals surface area contributed by atoms with E-state index in [4.69, 9.17) is 0 Å². The molecule has 0 amide bonds. The first-order valence-corrected chi connectivity index (χ1v) is 23.6. The van der Waals surface area contributed by atoms with Crippen molar-refractivity contribution in [1.29, 1.82) is 0 Å².